The summed E-state index contributed by atoms with van der Waals surface area (Å²) in [5, 5.41) is 0.647. The van der Waals surface area contributed by atoms with Crippen LogP contribution in [0.25, 0.3) is 10.9 Å². The first-order valence-electron chi connectivity index (χ1n) is 10.7. The molecular weight excluding hydrogens is 389 g/mol. The molecule has 5 nitrogen and oxygen atoms in total. The van der Waals surface area contributed by atoms with Crippen LogP contribution in [0.3, 0.4) is 0 Å². The number of nitrogens with one attached hydrogen (secondary N) is 1. The van der Waals surface area contributed by atoms with Gasteiger partial charge in [-0.2, -0.15) is 11.8 Å². The molecule has 0 unspecified atom stereocenters. The van der Waals surface area contributed by atoms with Crippen LogP contribution in [0.2, 0.25) is 0 Å². The fourth-order valence-corrected chi connectivity index (χ4v) is 5.47. The zero-order valence-electron chi connectivity index (χ0n) is 17.1. The van der Waals surface area contributed by atoms with E-state index < -0.39 is 11.4 Å². The van der Waals surface area contributed by atoms with Crippen molar-refractivity contribution in [1.29, 1.82) is 0 Å². The summed E-state index contributed by atoms with van der Waals surface area (Å²) in [6, 6.07) is 3.02. The van der Waals surface area contributed by atoms with Crippen LogP contribution >= 0.6 is 11.8 Å². The van der Waals surface area contributed by atoms with Crippen molar-refractivity contribution in [3.63, 3.8) is 0 Å². The highest BCUT2D eigenvalue weighted by atomic mass is 32.2. The number of rotatable bonds is 6. The normalized spacial score (nSPS) is 19.7. The number of ether oxygens (including phenoxy) is 1. The molecule has 1 aromatic carbocycles. The van der Waals surface area contributed by atoms with Gasteiger partial charge in [-0.05, 0) is 51.7 Å². The SMILES string of the molecule is CN1CCC(COc2cc(F)c3c(=O)[nH]c(CSC4CCCCC4)nc3c2)CC1. The Bertz CT molecular complexity index is 889. The minimum Gasteiger partial charge on any atom is -0.493 e. The second kappa shape index (κ2) is 9.47. The van der Waals surface area contributed by atoms with Crippen LogP contribution in [-0.4, -0.2) is 46.9 Å². The van der Waals surface area contributed by atoms with E-state index in [4.69, 9.17) is 4.74 Å². The third kappa shape index (κ3) is 5.31. The summed E-state index contributed by atoms with van der Waals surface area (Å²) in [6.07, 6.45) is 8.52. The molecule has 2 aromatic rings. The van der Waals surface area contributed by atoms with E-state index in [2.05, 4.69) is 21.9 Å². The van der Waals surface area contributed by atoms with E-state index in [-0.39, 0.29) is 5.39 Å². The maximum Gasteiger partial charge on any atom is 0.261 e. The summed E-state index contributed by atoms with van der Waals surface area (Å²) in [5.74, 6) is 1.64. The smallest absolute Gasteiger partial charge is 0.261 e. The molecule has 1 aliphatic carbocycles. The topological polar surface area (TPSA) is 58.2 Å². The van der Waals surface area contributed by atoms with Crippen molar-refractivity contribution in [3.8, 4) is 5.75 Å². The molecule has 0 bridgehead atoms. The number of piperidine rings is 1. The number of aromatic nitrogens is 2. The van der Waals surface area contributed by atoms with Gasteiger partial charge in [0.1, 0.15) is 22.8 Å². The predicted octanol–water partition coefficient (Wildman–Crippen LogP) is 4.35. The number of H-pyrrole nitrogens is 1. The number of nitrogens with zero attached hydrogens (tertiary/aromatic N) is 2. The van der Waals surface area contributed by atoms with E-state index in [9.17, 15) is 9.18 Å². The first kappa shape index (κ1) is 20.7. The second-order valence-corrected chi connectivity index (χ2v) is 9.73. The van der Waals surface area contributed by atoms with E-state index in [1.54, 1.807) is 6.07 Å². The lowest BCUT2D eigenvalue weighted by Gasteiger charge is -2.28. The van der Waals surface area contributed by atoms with Gasteiger partial charge >= 0.3 is 0 Å². The standard InChI is InChI=1S/C22H30FN3O2S/c1-26-9-7-15(8-10-26)13-28-16-11-18(23)21-19(12-16)24-20(25-22(21)27)14-29-17-5-3-2-4-6-17/h11-12,15,17H,2-10,13-14H2,1H3,(H,24,25,27). The molecule has 2 aliphatic rings. The highest BCUT2D eigenvalue weighted by molar-refractivity contribution is 7.99. The second-order valence-electron chi connectivity index (χ2n) is 8.44. The highest BCUT2D eigenvalue weighted by Crippen LogP contribution is 2.30. The van der Waals surface area contributed by atoms with Crippen molar-refractivity contribution in [3.05, 3.63) is 34.1 Å². The largest absolute Gasteiger partial charge is 0.493 e. The number of hydrogen-bond acceptors (Lipinski definition) is 5. The lowest BCUT2D eigenvalue weighted by Crippen LogP contribution is -2.32. The van der Waals surface area contributed by atoms with Crippen LogP contribution in [0.4, 0.5) is 4.39 Å². The Morgan fingerprint density at radius 1 is 1.21 bits per heavy atom. The molecule has 2 fully saturated rings. The molecular formula is C22H30FN3O2S. The number of aromatic amines is 1. The van der Waals surface area contributed by atoms with Crippen molar-refractivity contribution >= 4 is 22.7 Å². The van der Waals surface area contributed by atoms with E-state index in [1.807, 2.05) is 11.8 Å². The van der Waals surface area contributed by atoms with E-state index in [0.717, 1.165) is 25.9 Å². The summed E-state index contributed by atoms with van der Waals surface area (Å²) >= 11 is 1.84. The molecule has 1 saturated carbocycles. The number of thioether (sulfide) groups is 1. The third-order valence-electron chi connectivity index (χ3n) is 6.12. The molecule has 1 aliphatic heterocycles. The van der Waals surface area contributed by atoms with E-state index in [1.165, 1.54) is 38.2 Å². The van der Waals surface area contributed by atoms with Gasteiger partial charge in [-0.15, -0.1) is 0 Å². The number of likely N-dealkylation sites (tertiary alicyclic amines) is 1. The summed E-state index contributed by atoms with van der Waals surface area (Å²) < 4.78 is 20.5. The van der Waals surface area contributed by atoms with Gasteiger partial charge < -0.3 is 14.6 Å². The number of halogens is 1. The van der Waals surface area contributed by atoms with Crippen LogP contribution < -0.4 is 10.3 Å². The van der Waals surface area contributed by atoms with Gasteiger partial charge in [0.05, 0.1) is 17.9 Å². The molecule has 4 rings (SSSR count). The number of fused-ring (bicyclic) bond motifs is 1. The summed E-state index contributed by atoms with van der Waals surface area (Å²) in [5.41, 5.74) is -0.0278. The van der Waals surface area contributed by atoms with Crippen molar-refractivity contribution in [2.75, 3.05) is 26.7 Å². The molecule has 0 atom stereocenters. The average molecular weight is 420 g/mol. The maximum atomic E-state index is 14.6. The first-order valence-corrected chi connectivity index (χ1v) is 11.8. The fourth-order valence-electron chi connectivity index (χ4n) is 4.27. The zero-order chi connectivity index (χ0) is 20.2. The van der Waals surface area contributed by atoms with Gasteiger partial charge in [0.2, 0.25) is 0 Å². The average Bonchev–Trinajstić information content (AvgIpc) is 2.72. The van der Waals surface area contributed by atoms with Crippen molar-refractivity contribution < 1.29 is 9.13 Å². The number of hydrogen-bond donors (Lipinski definition) is 1. The van der Waals surface area contributed by atoms with Gasteiger partial charge in [-0.25, -0.2) is 9.37 Å². The van der Waals surface area contributed by atoms with E-state index >= 15 is 0 Å². The Balaban J connectivity index is 1.46. The molecule has 158 valence electrons. The lowest BCUT2D eigenvalue weighted by molar-refractivity contribution is 0.160. The molecule has 1 saturated heterocycles. The quantitative estimate of drug-likeness (QED) is 0.754. The molecule has 0 amide bonds. The molecule has 1 aromatic heterocycles. The summed E-state index contributed by atoms with van der Waals surface area (Å²) in [7, 11) is 2.13. The molecule has 7 heteroatoms. The Labute approximate surface area is 175 Å². The van der Waals surface area contributed by atoms with Crippen molar-refractivity contribution in [1.82, 2.24) is 14.9 Å². The summed E-state index contributed by atoms with van der Waals surface area (Å²) in [6.45, 7) is 2.71. The zero-order valence-corrected chi connectivity index (χ0v) is 17.9. The summed E-state index contributed by atoms with van der Waals surface area (Å²) in [4.78, 5) is 22.1. The van der Waals surface area contributed by atoms with Crippen LogP contribution in [0.5, 0.6) is 5.75 Å². The van der Waals surface area contributed by atoms with Crippen molar-refractivity contribution in [2.45, 2.75) is 55.9 Å². The Morgan fingerprint density at radius 3 is 2.72 bits per heavy atom. The molecule has 2 heterocycles. The van der Waals surface area contributed by atoms with Gasteiger partial charge in [-0.3, -0.25) is 4.79 Å². The maximum absolute atomic E-state index is 14.6. The Kier molecular flexibility index (Phi) is 6.75. The van der Waals surface area contributed by atoms with Crippen LogP contribution in [0.15, 0.2) is 16.9 Å². The van der Waals surface area contributed by atoms with Crippen LogP contribution in [0.1, 0.15) is 50.8 Å². The lowest BCUT2D eigenvalue weighted by atomic mass is 9.98. The minimum absolute atomic E-state index is 0.0167. The van der Waals surface area contributed by atoms with Gasteiger partial charge in [0.25, 0.3) is 5.56 Å². The number of benzene rings is 1. The molecule has 0 radical (unpaired) electrons. The predicted molar refractivity (Wildman–Crippen MR) is 116 cm³/mol. The first-order chi connectivity index (χ1) is 14.1. The molecule has 29 heavy (non-hydrogen) atoms. The Hall–Kier alpha value is -1.60. The van der Waals surface area contributed by atoms with Crippen LogP contribution in [0, 0.1) is 11.7 Å². The van der Waals surface area contributed by atoms with Gasteiger partial charge in [-0.1, -0.05) is 19.3 Å². The molecule has 0 spiro atoms. The monoisotopic (exact) mass is 419 g/mol. The van der Waals surface area contributed by atoms with Crippen molar-refractivity contribution in [2.24, 2.45) is 5.92 Å². The van der Waals surface area contributed by atoms with Gasteiger partial charge in [0.15, 0.2) is 0 Å². The third-order valence-corrected chi connectivity index (χ3v) is 7.50. The van der Waals surface area contributed by atoms with Gasteiger partial charge in [0, 0.05) is 17.4 Å². The highest BCUT2D eigenvalue weighted by Gasteiger charge is 2.19. The molecule has 1 N–H and O–H groups in total. The fraction of sp³-hybridized carbons (Fsp3) is 0.636. The Morgan fingerprint density at radius 2 is 1.97 bits per heavy atom. The van der Waals surface area contributed by atoms with E-state index in [0.29, 0.717) is 40.6 Å². The van der Waals surface area contributed by atoms with Crippen LogP contribution in [-0.2, 0) is 5.75 Å². The minimum atomic E-state index is -0.568.